The van der Waals surface area contributed by atoms with Crippen LogP contribution in [-0.2, 0) is 4.74 Å². The molecule has 0 aromatic rings. The van der Waals surface area contributed by atoms with E-state index in [0.29, 0.717) is 5.92 Å². The molecule has 0 aromatic carbocycles. The number of unbranched alkanes of at least 4 members (excludes halogenated alkanes) is 1. The van der Waals surface area contributed by atoms with Crippen LogP contribution in [0.1, 0.15) is 59.8 Å². The molecule has 20 heavy (non-hydrogen) atoms. The van der Waals surface area contributed by atoms with E-state index in [4.69, 9.17) is 4.74 Å². The molecule has 1 amide bonds. The van der Waals surface area contributed by atoms with E-state index < -0.39 is 5.60 Å². The number of ether oxygens (including phenoxy) is 1. The van der Waals surface area contributed by atoms with Crippen molar-refractivity contribution in [2.75, 3.05) is 26.2 Å². The highest BCUT2D eigenvalue weighted by Gasteiger charge is 2.27. The van der Waals surface area contributed by atoms with Gasteiger partial charge in [-0.1, -0.05) is 13.3 Å². The van der Waals surface area contributed by atoms with Gasteiger partial charge in [-0.3, -0.25) is 0 Å². The molecule has 0 saturated carbocycles. The number of amides is 1. The van der Waals surface area contributed by atoms with Crippen molar-refractivity contribution in [1.82, 2.24) is 10.2 Å². The summed E-state index contributed by atoms with van der Waals surface area (Å²) in [5.41, 5.74) is -0.397. The largest absolute Gasteiger partial charge is 0.444 e. The third-order valence-corrected chi connectivity index (χ3v) is 3.61. The summed E-state index contributed by atoms with van der Waals surface area (Å²) in [5.74, 6) is 0.616. The highest BCUT2D eigenvalue weighted by atomic mass is 16.6. The second kappa shape index (κ2) is 8.50. The first kappa shape index (κ1) is 17.3. The van der Waals surface area contributed by atoms with Crippen molar-refractivity contribution in [2.45, 2.75) is 65.4 Å². The lowest BCUT2D eigenvalue weighted by atomic mass is 9.95. The first-order valence-electron chi connectivity index (χ1n) is 8.11. The zero-order valence-electron chi connectivity index (χ0n) is 13.7. The summed E-state index contributed by atoms with van der Waals surface area (Å²) in [5, 5.41) is 3.48. The van der Waals surface area contributed by atoms with Gasteiger partial charge in [0.2, 0.25) is 0 Å². The van der Waals surface area contributed by atoms with Crippen LogP contribution in [0.25, 0.3) is 0 Å². The molecule has 0 spiro atoms. The third-order valence-electron chi connectivity index (χ3n) is 3.61. The summed E-state index contributed by atoms with van der Waals surface area (Å²) >= 11 is 0. The summed E-state index contributed by atoms with van der Waals surface area (Å²) in [4.78, 5) is 13.9. The van der Waals surface area contributed by atoms with Gasteiger partial charge in [0.1, 0.15) is 5.60 Å². The normalized spacial score (nSPS) is 20.0. The zero-order valence-corrected chi connectivity index (χ0v) is 13.7. The van der Waals surface area contributed by atoms with Gasteiger partial charge in [0.15, 0.2) is 0 Å². The Morgan fingerprint density at radius 1 is 1.35 bits per heavy atom. The van der Waals surface area contributed by atoms with E-state index in [9.17, 15) is 4.79 Å². The van der Waals surface area contributed by atoms with Crippen LogP contribution in [0.15, 0.2) is 0 Å². The van der Waals surface area contributed by atoms with E-state index in [-0.39, 0.29) is 6.09 Å². The van der Waals surface area contributed by atoms with Crippen molar-refractivity contribution < 1.29 is 9.53 Å². The summed E-state index contributed by atoms with van der Waals surface area (Å²) in [6, 6.07) is 0. The maximum absolute atomic E-state index is 12.1. The Bertz CT molecular complexity index is 287. The number of hydrogen-bond donors (Lipinski definition) is 1. The molecule has 1 unspecified atom stereocenters. The average Bonchev–Trinajstić information content (AvgIpc) is 2.37. The molecule has 118 valence electrons. The first-order valence-corrected chi connectivity index (χ1v) is 8.11. The molecule has 1 fully saturated rings. The molecule has 0 bridgehead atoms. The Labute approximate surface area is 124 Å². The Morgan fingerprint density at radius 3 is 2.75 bits per heavy atom. The third kappa shape index (κ3) is 7.13. The standard InChI is InChI=1S/C16H32N2O2/c1-5-6-10-17-11-9-14-8-7-12-18(13-14)15(19)20-16(2,3)4/h14,17H,5-13H2,1-4H3. The zero-order chi connectivity index (χ0) is 15.0. The maximum Gasteiger partial charge on any atom is 0.410 e. The summed E-state index contributed by atoms with van der Waals surface area (Å²) in [7, 11) is 0. The SMILES string of the molecule is CCCCNCCC1CCCN(C(=O)OC(C)(C)C)C1. The van der Waals surface area contributed by atoms with Gasteiger partial charge in [0, 0.05) is 13.1 Å². The monoisotopic (exact) mass is 284 g/mol. The number of carbonyl (C=O) groups excluding carboxylic acids is 1. The fourth-order valence-electron chi connectivity index (χ4n) is 2.53. The van der Waals surface area contributed by atoms with Gasteiger partial charge < -0.3 is 15.0 Å². The minimum atomic E-state index is -0.397. The Kier molecular flexibility index (Phi) is 7.35. The predicted molar refractivity (Wildman–Crippen MR) is 82.9 cm³/mol. The Hall–Kier alpha value is -0.770. The van der Waals surface area contributed by atoms with Gasteiger partial charge in [-0.05, 0) is 65.5 Å². The average molecular weight is 284 g/mol. The molecule has 0 aromatic heterocycles. The number of hydrogen-bond acceptors (Lipinski definition) is 3. The highest BCUT2D eigenvalue weighted by Crippen LogP contribution is 2.21. The van der Waals surface area contributed by atoms with E-state index >= 15 is 0 Å². The van der Waals surface area contributed by atoms with E-state index in [2.05, 4.69) is 12.2 Å². The highest BCUT2D eigenvalue weighted by molar-refractivity contribution is 5.68. The van der Waals surface area contributed by atoms with Crippen molar-refractivity contribution in [1.29, 1.82) is 0 Å². The van der Waals surface area contributed by atoms with E-state index in [1.807, 2.05) is 25.7 Å². The summed E-state index contributed by atoms with van der Waals surface area (Å²) in [6.45, 7) is 11.8. The van der Waals surface area contributed by atoms with Crippen LogP contribution < -0.4 is 5.32 Å². The van der Waals surface area contributed by atoms with Gasteiger partial charge >= 0.3 is 6.09 Å². The van der Waals surface area contributed by atoms with Gasteiger partial charge in [-0.15, -0.1) is 0 Å². The van der Waals surface area contributed by atoms with Gasteiger partial charge in [-0.25, -0.2) is 4.79 Å². The van der Waals surface area contributed by atoms with Gasteiger partial charge in [0.05, 0.1) is 0 Å². The van der Waals surface area contributed by atoms with Crippen molar-refractivity contribution in [2.24, 2.45) is 5.92 Å². The predicted octanol–water partition coefficient (Wildman–Crippen LogP) is 3.41. The molecular formula is C16H32N2O2. The molecule has 1 rings (SSSR count). The van der Waals surface area contributed by atoms with E-state index in [1.54, 1.807) is 0 Å². The molecule has 1 aliphatic heterocycles. The smallest absolute Gasteiger partial charge is 0.410 e. The van der Waals surface area contributed by atoms with Crippen LogP contribution in [0.2, 0.25) is 0 Å². The van der Waals surface area contributed by atoms with Crippen molar-refractivity contribution in [3.63, 3.8) is 0 Å². The van der Waals surface area contributed by atoms with Crippen LogP contribution >= 0.6 is 0 Å². The minimum Gasteiger partial charge on any atom is -0.444 e. The van der Waals surface area contributed by atoms with Crippen molar-refractivity contribution in [3.05, 3.63) is 0 Å². The van der Waals surface area contributed by atoms with Crippen LogP contribution in [0.3, 0.4) is 0 Å². The lowest BCUT2D eigenvalue weighted by molar-refractivity contribution is 0.0162. The maximum atomic E-state index is 12.1. The quantitative estimate of drug-likeness (QED) is 0.760. The topological polar surface area (TPSA) is 41.6 Å². The van der Waals surface area contributed by atoms with Gasteiger partial charge in [0.25, 0.3) is 0 Å². The number of nitrogens with one attached hydrogen (secondary N) is 1. The lowest BCUT2D eigenvalue weighted by Gasteiger charge is -2.34. The molecule has 1 heterocycles. The molecule has 1 N–H and O–H groups in total. The van der Waals surface area contributed by atoms with Crippen LogP contribution in [0.5, 0.6) is 0 Å². The number of rotatable bonds is 6. The fraction of sp³-hybridized carbons (Fsp3) is 0.938. The van der Waals surface area contributed by atoms with E-state index in [1.165, 1.54) is 19.3 Å². The second-order valence-electron chi connectivity index (χ2n) is 6.83. The first-order chi connectivity index (χ1) is 9.42. The lowest BCUT2D eigenvalue weighted by Crippen LogP contribution is -2.43. The summed E-state index contributed by atoms with van der Waals surface area (Å²) < 4.78 is 5.45. The Morgan fingerprint density at radius 2 is 2.10 bits per heavy atom. The van der Waals surface area contributed by atoms with Crippen LogP contribution in [-0.4, -0.2) is 42.8 Å². The van der Waals surface area contributed by atoms with E-state index in [0.717, 1.165) is 39.0 Å². The number of piperidine rings is 1. The molecule has 4 nitrogen and oxygen atoms in total. The Balaban J connectivity index is 2.26. The van der Waals surface area contributed by atoms with Gasteiger partial charge in [-0.2, -0.15) is 0 Å². The molecule has 0 aliphatic carbocycles. The minimum absolute atomic E-state index is 0.152. The second-order valence-corrected chi connectivity index (χ2v) is 6.83. The van der Waals surface area contributed by atoms with Crippen LogP contribution in [0.4, 0.5) is 4.79 Å². The molecular weight excluding hydrogens is 252 g/mol. The molecule has 1 aliphatic rings. The molecule has 4 heteroatoms. The number of nitrogens with zero attached hydrogens (tertiary/aromatic N) is 1. The van der Waals surface area contributed by atoms with Crippen molar-refractivity contribution >= 4 is 6.09 Å². The number of likely N-dealkylation sites (tertiary alicyclic amines) is 1. The fourth-order valence-corrected chi connectivity index (χ4v) is 2.53. The molecule has 1 saturated heterocycles. The van der Waals surface area contributed by atoms with Crippen molar-refractivity contribution in [3.8, 4) is 0 Å². The molecule has 0 radical (unpaired) electrons. The number of carbonyl (C=O) groups is 1. The molecule has 1 atom stereocenters. The summed E-state index contributed by atoms with van der Waals surface area (Å²) in [6.07, 6.45) is 5.81. The van der Waals surface area contributed by atoms with Crippen LogP contribution in [0, 0.1) is 5.92 Å².